The van der Waals surface area contributed by atoms with E-state index in [9.17, 15) is 13.2 Å². The van der Waals surface area contributed by atoms with Crippen LogP contribution in [0.15, 0.2) is 66.7 Å². The molecule has 0 saturated carbocycles. The molecule has 0 unspecified atom stereocenters. The maximum Gasteiger partial charge on any atom is 0.251 e. The molecule has 0 aliphatic heterocycles. The Balaban J connectivity index is 1.57. The van der Waals surface area contributed by atoms with E-state index in [0.717, 1.165) is 28.9 Å². The first-order valence-electron chi connectivity index (χ1n) is 11.3. The third kappa shape index (κ3) is 6.84. The molecule has 0 fully saturated rings. The highest BCUT2D eigenvalue weighted by molar-refractivity contribution is 7.92. The van der Waals surface area contributed by atoms with Crippen LogP contribution >= 0.6 is 0 Å². The molecule has 0 atom stereocenters. The quantitative estimate of drug-likeness (QED) is 0.429. The molecule has 3 aromatic carbocycles. The van der Waals surface area contributed by atoms with Gasteiger partial charge in [-0.1, -0.05) is 37.3 Å². The van der Waals surface area contributed by atoms with Crippen molar-refractivity contribution in [1.82, 2.24) is 5.32 Å². The Labute approximate surface area is 202 Å². The second-order valence-electron chi connectivity index (χ2n) is 8.34. The fourth-order valence-electron chi connectivity index (χ4n) is 3.46. The maximum atomic E-state index is 12.5. The average molecular weight is 481 g/mol. The molecule has 0 saturated heterocycles. The minimum Gasteiger partial charge on any atom is -0.492 e. The van der Waals surface area contributed by atoms with Crippen molar-refractivity contribution in [2.75, 3.05) is 23.7 Å². The first kappa shape index (κ1) is 25.3. The summed E-state index contributed by atoms with van der Waals surface area (Å²) in [4.78, 5) is 12.5. The van der Waals surface area contributed by atoms with Crippen molar-refractivity contribution < 1.29 is 17.9 Å². The second kappa shape index (κ2) is 11.2. The van der Waals surface area contributed by atoms with Gasteiger partial charge in [-0.3, -0.25) is 9.10 Å². The van der Waals surface area contributed by atoms with Gasteiger partial charge in [0, 0.05) is 5.56 Å². The van der Waals surface area contributed by atoms with Crippen LogP contribution in [-0.4, -0.2) is 33.7 Å². The number of sulfonamides is 1. The molecular weight excluding hydrogens is 448 g/mol. The van der Waals surface area contributed by atoms with Crippen LogP contribution in [0, 0.1) is 13.8 Å². The Morgan fingerprint density at radius 1 is 0.912 bits per heavy atom. The zero-order chi connectivity index (χ0) is 24.7. The van der Waals surface area contributed by atoms with Crippen LogP contribution in [0.5, 0.6) is 5.75 Å². The largest absolute Gasteiger partial charge is 0.492 e. The Hall–Kier alpha value is -3.32. The van der Waals surface area contributed by atoms with Gasteiger partial charge in [-0.25, -0.2) is 8.42 Å². The lowest BCUT2D eigenvalue weighted by Crippen LogP contribution is -2.29. The molecule has 0 aromatic heterocycles. The highest BCUT2D eigenvalue weighted by Crippen LogP contribution is 2.22. The minimum absolute atomic E-state index is 0.190. The van der Waals surface area contributed by atoms with E-state index in [1.165, 1.54) is 16.1 Å². The van der Waals surface area contributed by atoms with Gasteiger partial charge in [-0.15, -0.1) is 0 Å². The molecule has 1 N–H and O–H groups in total. The summed E-state index contributed by atoms with van der Waals surface area (Å²) in [5, 5.41) is 2.85. The summed E-state index contributed by atoms with van der Waals surface area (Å²) in [6.45, 7) is 7.07. The number of nitrogens with one attached hydrogen (secondary N) is 1. The number of rotatable bonds is 10. The van der Waals surface area contributed by atoms with Crippen LogP contribution in [0.1, 0.15) is 39.5 Å². The van der Waals surface area contributed by atoms with Crippen LogP contribution in [-0.2, 0) is 23.0 Å². The van der Waals surface area contributed by atoms with Gasteiger partial charge in [0.05, 0.1) is 25.0 Å². The van der Waals surface area contributed by atoms with Crippen LogP contribution in [0.3, 0.4) is 0 Å². The predicted octanol–water partition coefficient (Wildman–Crippen LogP) is 4.64. The molecular formula is C27H32N2O4S. The van der Waals surface area contributed by atoms with Crippen molar-refractivity contribution in [1.29, 1.82) is 0 Å². The zero-order valence-electron chi connectivity index (χ0n) is 20.2. The SMILES string of the molecule is CCc1ccc(N(Cc2ccc(C(=O)NCCOc3ccc(C)c(C)c3)cc2)S(C)(=O)=O)cc1. The van der Waals surface area contributed by atoms with E-state index in [0.29, 0.717) is 24.4 Å². The van der Waals surface area contributed by atoms with Crippen LogP contribution in [0.2, 0.25) is 0 Å². The number of carbonyl (C=O) groups is 1. The molecule has 0 bridgehead atoms. The summed E-state index contributed by atoms with van der Waals surface area (Å²) in [7, 11) is -3.47. The van der Waals surface area contributed by atoms with Gasteiger partial charge in [-0.2, -0.15) is 0 Å². The molecule has 3 rings (SSSR count). The highest BCUT2D eigenvalue weighted by Gasteiger charge is 2.18. The number of anilines is 1. The Bertz CT molecular complexity index is 1220. The molecule has 0 spiro atoms. The predicted molar refractivity (Wildman–Crippen MR) is 137 cm³/mol. The Morgan fingerprint density at radius 3 is 2.15 bits per heavy atom. The minimum atomic E-state index is -3.47. The van der Waals surface area contributed by atoms with Crippen molar-refractivity contribution >= 4 is 21.6 Å². The van der Waals surface area contributed by atoms with Crippen molar-refractivity contribution in [2.45, 2.75) is 33.7 Å². The summed E-state index contributed by atoms with van der Waals surface area (Å²) >= 11 is 0. The molecule has 1 amide bonds. The molecule has 0 radical (unpaired) electrons. The number of hydrogen-bond acceptors (Lipinski definition) is 4. The zero-order valence-corrected chi connectivity index (χ0v) is 21.0. The first-order valence-corrected chi connectivity index (χ1v) is 13.2. The van der Waals surface area contributed by atoms with Gasteiger partial charge in [0.25, 0.3) is 5.91 Å². The molecule has 0 heterocycles. The summed E-state index contributed by atoms with van der Waals surface area (Å²) in [5.41, 5.74) is 5.43. The number of carbonyl (C=O) groups excluding carboxylic acids is 1. The normalized spacial score (nSPS) is 11.2. The van der Waals surface area contributed by atoms with Gasteiger partial charge >= 0.3 is 0 Å². The van der Waals surface area contributed by atoms with E-state index in [1.807, 2.05) is 56.3 Å². The number of hydrogen-bond donors (Lipinski definition) is 1. The van der Waals surface area contributed by atoms with E-state index in [4.69, 9.17) is 4.74 Å². The second-order valence-corrected chi connectivity index (χ2v) is 10.2. The van der Waals surface area contributed by atoms with E-state index < -0.39 is 10.0 Å². The average Bonchev–Trinajstić information content (AvgIpc) is 2.82. The smallest absolute Gasteiger partial charge is 0.251 e. The van der Waals surface area contributed by atoms with Crippen LogP contribution < -0.4 is 14.4 Å². The number of amides is 1. The van der Waals surface area contributed by atoms with Gasteiger partial charge in [0.1, 0.15) is 12.4 Å². The summed E-state index contributed by atoms with van der Waals surface area (Å²) in [6.07, 6.45) is 2.09. The lowest BCUT2D eigenvalue weighted by molar-refractivity contribution is 0.0947. The Morgan fingerprint density at radius 2 is 1.56 bits per heavy atom. The van der Waals surface area contributed by atoms with E-state index in [2.05, 4.69) is 12.2 Å². The number of ether oxygens (including phenoxy) is 1. The third-order valence-electron chi connectivity index (χ3n) is 5.71. The number of aryl methyl sites for hydroxylation is 3. The maximum absolute atomic E-state index is 12.5. The van der Waals surface area contributed by atoms with Crippen molar-refractivity contribution in [3.05, 3.63) is 94.5 Å². The van der Waals surface area contributed by atoms with Crippen molar-refractivity contribution in [3.8, 4) is 5.75 Å². The molecule has 180 valence electrons. The van der Waals surface area contributed by atoms with E-state index in [1.54, 1.807) is 24.3 Å². The van der Waals surface area contributed by atoms with E-state index in [-0.39, 0.29) is 12.5 Å². The first-order chi connectivity index (χ1) is 16.2. The van der Waals surface area contributed by atoms with Gasteiger partial charge < -0.3 is 10.1 Å². The summed E-state index contributed by atoms with van der Waals surface area (Å²) in [6, 6.07) is 20.4. The molecule has 34 heavy (non-hydrogen) atoms. The molecule has 0 aliphatic rings. The van der Waals surface area contributed by atoms with Crippen molar-refractivity contribution in [2.24, 2.45) is 0 Å². The van der Waals surface area contributed by atoms with Gasteiger partial charge in [0.2, 0.25) is 10.0 Å². The highest BCUT2D eigenvalue weighted by atomic mass is 32.2. The third-order valence-corrected chi connectivity index (χ3v) is 6.85. The van der Waals surface area contributed by atoms with Gasteiger partial charge in [-0.05, 0) is 78.9 Å². The fraction of sp³-hybridized carbons (Fsp3) is 0.296. The van der Waals surface area contributed by atoms with Crippen LogP contribution in [0.25, 0.3) is 0 Å². The molecule has 7 heteroatoms. The van der Waals surface area contributed by atoms with Crippen LogP contribution in [0.4, 0.5) is 5.69 Å². The van der Waals surface area contributed by atoms with E-state index >= 15 is 0 Å². The molecule has 0 aliphatic carbocycles. The fourth-order valence-corrected chi connectivity index (χ4v) is 4.35. The lowest BCUT2D eigenvalue weighted by atomic mass is 10.1. The number of benzene rings is 3. The number of nitrogens with zero attached hydrogens (tertiary/aromatic N) is 1. The molecule has 6 nitrogen and oxygen atoms in total. The Kier molecular flexibility index (Phi) is 8.34. The topological polar surface area (TPSA) is 75.7 Å². The monoisotopic (exact) mass is 480 g/mol. The van der Waals surface area contributed by atoms with Gasteiger partial charge in [0.15, 0.2) is 0 Å². The molecule has 3 aromatic rings. The summed E-state index contributed by atoms with van der Waals surface area (Å²) < 4.78 is 31.9. The lowest BCUT2D eigenvalue weighted by Gasteiger charge is -2.23. The summed E-state index contributed by atoms with van der Waals surface area (Å²) in [5.74, 6) is 0.576. The standard InChI is InChI=1S/C27H32N2O4S/c1-5-22-9-13-25(14-10-22)29(34(4,31)32)19-23-7-11-24(12-8-23)27(30)28-16-17-33-26-15-6-20(2)21(3)18-26/h6-15,18H,5,16-17,19H2,1-4H3,(H,28,30). The van der Waals surface area contributed by atoms with Crippen molar-refractivity contribution in [3.63, 3.8) is 0 Å².